The van der Waals surface area contributed by atoms with Crippen molar-refractivity contribution < 1.29 is 12.9 Å². The first kappa shape index (κ1) is 18.2. The first-order valence-electron chi connectivity index (χ1n) is 7.02. The van der Waals surface area contributed by atoms with Gasteiger partial charge in [0.05, 0.1) is 21.6 Å². The zero-order chi connectivity index (χ0) is 18.0. The zero-order valence-corrected chi connectivity index (χ0v) is 15.6. The summed E-state index contributed by atoms with van der Waals surface area (Å²) in [5, 5.41) is 4.17. The molecule has 0 aliphatic heterocycles. The molecule has 0 saturated heterocycles. The van der Waals surface area contributed by atoms with Crippen LogP contribution in [0.4, 0.5) is 0 Å². The molecule has 1 aromatic heterocycles. The van der Waals surface area contributed by atoms with E-state index in [1.807, 2.05) is 30.3 Å². The minimum atomic E-state index is -3.90. The lowest BCUT2D eigenvalue weighted by molar-refractivity contribution is 0.382. The van der Waals surface area contributed by atoms with Crippen molar-refractivity contribution in [1.29, 1.82) is 0 Å². The Morgan fingerprint density at radius 3 is 2.36 bits per heavy atom. The van der Waals surface area contributed by atoms with Gasteiger partial charge in [-0.05, 0) is 12.1 Å². The highest BCUT2D eigenvalue weighted by Gasteiger charge is 2.20. The first-order chi connectivity index (χ1) is 11.9. The molecule has 1 heterocycles. The number of hydrogen-bond acceptors (Lipinski definition) is 4. The van der Waals surface area contributed by atoms with Gasteiger partial charge >= 0.3 is 0 Å². The average molecular weight is 418 g/mol. The van der Waals surface area contributed by atoms with Crippen LogP contribution >= 0.6 is 34.8 Å². The standard InChI is InChI=1S/C16H11Cl3N2O3S/c17-12-7-14(19)16(8-13(12)18)25(22,23)20-9-11-6-15(21-24-11)10-4-2-1-3-5-10/h1-8,20H,9H2. The molecule has 3 aromatic rings. The summed E-state index contributed by atoms with van der Waals surface area (Å²) in [7, 11) is -3.90. The van der Waals surface area contributed by atoms with Crippen LogP contribution in [-0.4, -0.2) is 13.6 Å². The molecule has 0 saturated carbocycles. The second-order valence-electron chi connectivity index (χ2n) is 5.07. The maximum absolute atomic E-state index is 12.4. The Kier molecular flexibility index (Phi) is 5.36. The van der Waals surface area contributed by atoms with Gasteiger partial charge in [0, 0.05) is 11.6 Å². The molecule has 1 N–H and O–H groups in total. The van der Waals surface area contributed by atoms with Crippen LogP contribution in [0.5, 0.6) is 0 Å². The lowest BCUT2D eigenvalue weighted by atomic mass is 10.1. The fourth-order valence-corrected chi connectivity index (χ4v) is 4.09. The summed E-state index contributed by atoms with van der Waals surface area (Å²) in [6.45, 7) is -0.0846. The Morgan fingerprint density at radius 2 is 1.64 bits per heavy atom. The van der Waals surface area contributed by atoms with Gasteiger partial charge in [0.25, 0.3) is 0 Å². The van der Waals surface area contributed by atoms with Crippen molar-refractivity contribution in [3.05, 3.63) is 69.4 Å². The van der Waals surface area contributed by atoms with Crippen LogP contribution in [-0.2, 0) is 16.6 Å². The van der Waals surface area contributed by atoms with Gasteiger partial charge in [-0.15, -0.1) is 0 Å². The van der Waals surface area contributed by atoms with Crippen LogP contribution in [0.1, 0.15) is 5.76 Å². The van der Waals surface area contributed by atoms with Crippen molar-refractivity contribution in [2.45, 2.75) is 11.4 Å². The van der Waals surface area contributed by atoms with E-state index in [0.717, 1.165) is 5.56 Å². The van der Waals surface area contributed by atoms with Gasteiger partial charge in [0.2, 0.25) is 10.0 Å². The van der Waals surface area contributed by atoms with Crippen LogP contribution < -0.4 is 4.72 Å². The largest absolute Gasteiger partial charge is 0.359 e. The van der Waals surface area contributed by atoms with Gasteiger partial charge < -0.3 is 4.52 Å². The van der Waals surface area contributed by atoms with E-state index in [0.29, 0.717) is 11.5 Å². The molecule has 3 rings (SSSR count). The fraction of sp³-hybridized carbons (Fsp3) is 0.0625. The highest BCUT2D eigenvalue weighted by atomic mass is 35.5. The van der Waals surface area contributed by atoms with Gasteiger partial charge in [-0.3, -0.25) is 0 Å². The fourth-order valence-electron chi connectivity index (χ4n) is 2.10. The minimum Gasteiger partial charge on any atom is -0.359 e. The molecular formula is C16H11Cl3N2O3S. The zero-order valence-electron chi connectivity index (χ0n) is 12.5. The Balaban J connectivity index is 1.77. The molecule has 0 bridgehead atoms. The molecule has 0 aliphatic rings. The number of benzene rings is 2. The molecule has 130 valence electrons. The van der Waals surface area contributed by atoms with Crippen LogP contribution in [0, 0.1) is 0 Å². The summed E-state index contributed by atoms with van der Waals surface area (Å²) in [5.41, 5.74) is 1.48. The molecule has 0 atom stereocenters. The number of halogens is 3. The van der Waals surface area contributed by atoms with Crippen molar-refractivity contribution >= 4 is 44.8 Å². The van der Waals surface area contributed by atoms with Crippen LogP contribution in [0.2, 0.25) is 15.1 Å². The predicted molar refractivity (Wildman–Crippen MR) is 97.4 cm³/mol. The summed E-state index contributed by atoms with van der Waals surface area (Å²) in [6.07, 6.45) is 0. The Hall–Kier alpha value is -1.57. The van der Waals surface area contributed by atoms with E-state index in [2.05, 4.69) is 9.88 Å². The molecule has 2 aromatic carbocycles. The number of hydrogen-bond donors (Lipinski definition) is 1. The molecule has 25 heavy (non-hydrogen) atoms. The number of nitrogens with zero attached hydrogens (tertiary/aromatic N) is 1. The summed E-state index contributed by atoms with van der Waals surface area (Å²) < 4.78 is 32.4. The topological polar surface area (TPSA) is 72.2 Å². The smallest absolute Gasteiger partial charge is 0.242 e. The van der Waals surface area contributed by atoms with E-state index in [-0.39, 0.29) is 26.5 Å². The Bertz CT molecular complexity index is 1000. The van der Waals surface area contributed by atoms with Crippen molar-refractivity contribution in [2.24, 2.45) is 0 Å². The average Bonchev–Trinajstić information content (AvgIpc) is 3.06. The third-order valence-corrected chi connectivity index (χ3v) is 5.92. The van der Waals surface area contributed by atoms with Gasteiger partial charge in [-0.1, -0.05) is 70.3 Å². The molecule has 0 radical (unpaired) electrons. The second kappa shape index (κ2) is 7.35. The lowest BCUT2D eigenvalue weighted by Gasteiger charge is -2.08. The van der Waals surface area contributed by atoms with Crippen LogP contribution in [0.25, 0.3) is 11.3 Å². The predicted octanol–water partition coefficient (Wildman–Crippen LogP) is 4.78. The summed E-state index contributed by atoms with van der Waals surface area (Å²) in [5.74, 6) is 0.360. The second-order valence-corrected chi connectivity index (χ2v) is 8.02. The minimum absolute atomic E-state index is 0.0237. The van der Waals surface area contributed by atoms with E-state index in [1.54, 1.807) is 6.07 Å². The van der Waals surface area contributed by atoms with Crippen LogP contribution in [0.15, 0.2) is 57.9 Å². The maximum atomic E-state index is 12.4. The lowest BCUT2D eigenvalue weighted by Crippen LogP contribution is -2.23. The number of aromatic nitrogens is 1. The van der Waals surface area contributed by atoms with E-state index in [1.165, 1.54) is 12.1 Å². The number of nitrogens with one attached hydrogen (secondary N) is 1. The molecule has 0 amide bonds. The van der Waals surface area contributed by atoms with Gasteiger partial charge in [0.15, 0.2) is 5.76 Å². The highest BCUT2D eigenvalue weighted by Crippen LogP contribution is 2.31. The summed E-state index contributed by atoms with van der Waals surface area (Å²) in [4.78, 5) is -0.161. The first-order valence-corrected chi connectivity index (χ1v) is 9.64. The molecule has 0 spiro atoms. The normalized spacial score (nSPS) is 11.6. The van der Waals surface area contributed by atoms with Crippen molar-refractivity contribution in [2.75, 3.05) is 0 Å². The highest BCUT2D eigenvalue weighted by molar-refractivity contribution is 7.89. The van der Waals surface area contributed by atoms with Crippen molar-refractivity contribution in [3.8, 4) is 11.3 Å². The molecule has 0 unspecified atom stereocenters. The SMILES string of the molecule is O=S(=O)(NCc1cc(-c2ccccc2)no1)c1cc(Cl)c(Cl)cc1Cl. The Morgan fingerprint density at radius 1 is 0.960 bits per heavy atom. The van der Waals surface area contributed by atoms with Gasteiger partial charge in [-0.25, -0.2) is 13.1 Å². The van der Waals surface area contributed by atoms with Crippen molar-refractivity contribution in [3.63, 3.8) is 0 Å². The monoisotopic (exact) mass is 416 g/mol. The quantitative estimate of drug-likeness (QED) is 0.606. The molecule has 5 nitrogen and oxygen atoms in total. The number of sulfonamides is 1. The van der Waals surface area contributed by atoms with E-state index in [9.17, 15) is 8.42 Å². The third-order valence-electron chi connectivity index (χ3n) is 3.33. The number of rotatable bonds is 5. The maximum Gasteiger partial charge on any atom is 0.242 e. The molecular weight excluding hydrogens is 407 g/mol. The summed E-state index contributed by atoms with van der Waals surface area (Å²) in [6, 6.07) is 13.5. The summed E-state index contributed by atoms with van der Waals surface area (Å²) >= 11 is 17.6. The van der Waals surface area contributed by atoms with E-state index >= 15 is 0 Å². The van der Waals surface area contributed by atoms with Gasteiger partial charge in [0.1, 0.15) is 10.6 Å². The van der Waals surface area contributed by atoms with Gasteiger partial charge in [-0.2, -0.15) is 0 Å². The van der Waals surface area contributed by atoms with Crippen LogP contribution in [0.3, 0.4) is 0 Å². The van der Waals surface area contributed by atoms with Crippen molar-refractivity contribution in [1.82, 2.24) is 9.88 Å². The Labute approximate surface area is 159 Å². The van der Waals surface area contributed by atoms with E-state index in [4.69, 9.17) is 39.3 Å². The molecule has 0 fully saturated rings. The van der Waals surface area contributed by atoms with E-state index < -0.39 is 10.0 Å². The molecule has 0 aliphatic carbocycles. The molecule has 9 heteroatoms. The third kappa shape index (κ3) is 4.16.